The smallest absolute Gasteiger partial charge is 0.289 e. The Morgan fingerprint density at radius 1 is 1.37 bits per heavy atom. The van der Waals surface area contributed by atoms with Gasteiger partial charge >= 0.3 is 5.69 Å². The summed E-state index contributed by atoms with van der Waals surface area (Å²) in [7, 11) is 0. The summed E-state index contributed by atoms with van der Waals surface area (Å²) in [4.78, 5) is 20.5. The molecule has 19 heavy (non-hydrogen) atoms. The topological polar surface area (TPSA) is 47.8 Å². The minimum absolute atomic E-state index is 0.219. The molecule has 0 radical (unpaired) electrons. The van der Waals surface area contributed by atoms with Crippen LogP contribution in [-0.2, 0) is 13.0 Å². The van der Waals surface area contributed by atoms with Gasteiger partial charge in [-0.15, -0.1) is 11.3 Å². The van der Waals surface area contributed by atoms with E-state index in [4.69, 9.17) is 0 Å². The van der Waals surface area contributed by atoms with Gasteiger partial charge in [0.25, 0.3) is 0 Å². The molecule has 0 bridgehead atoms. The van der Waals surface area contributed by atoms with Crippen molar-refractivity contribution < 1.29 is 0 Å². The Bertz CT molecular complexity index is 648. The van der Waals surface area contributed by atoms with Gasteiger partial charge in [0.2, 0.25) is 0 Å². The first-order valence-electron chi connectivity index (χ1n) is 6.19. The Balaban J connectivity index is 2.32. The lowest BCUT2D eigenvalue weighted by molar-refractivity contribution is 0.676. The molecular weight excluding hydrogens is 326 g/mol. The van der Waals surface area contributed by atoms with E-state index >= 15 is 0 Å². The largest absolute Gasteiger partial charge is 0.348 e. The lowest BCUT2D eigenvalue weighted by atomic mass is 10.3. The van der Waals surface area contributed by atoms with E-state index in [1.165, 1.54) is 0 Å². The molecule has 0 aromatic carbocycles. The quantitative estimate of drug-likeness (QED) is 0.858. The molecule has 0 saturated carbocycles. The number of aryl methyl sites for hydroxylation is 2. The van der Waals surface area contributed by atoms with E-state index in [0.717, 1.165) is 39.4 Å². The second-order valence-electron chi connectivity index (χ2n) is 4.45. The molecular formula is C13H16BrN3OS. The highest BCUT2D eigenvalue weighted by atomic mass is 79.9. The van der Waals surface area contributed by atoms with Gasteiger partial charge in [0, 0.05) is 11.1 Å². The van der Waals surface area contributed by atoms with E-state index in [0.29, 0.717) is 6.54 Å². The van der Waals surface area contributed by atoms with Gasteiger partial charge in [-0.05, 0) is 42.6 Å². The van der Waals surface area contributed by atoms with Crippen LogP contribution >= 0.6 is 27.3 Å². The van der Waals surface area contributed by atoms with Crippen molar-refractivity contribution in [3.05, 3.63) is 42.4 Å². The molecule has 0 fully saturated rings. The van der Waals surface area contributed by atoms with E-state index in [1.54, 1.807) is 15.9 Å². The fourth-order valence-corrected chi connectivity index (χ4v) is 3.07. The van der Waals surface area contributed by atoms with Gasteiger partial charge < -0.3 is 0 Å². The van der Waals surface area contributed by atoms with Crippen molar-refractivity contribution in [1.29, 1.82) is 0 Å². The molecule has 0 N–H and O–H groups in total. The minimum atomic E-state index is -0.219. The SMILES string of the molecule is CCCc1nc(Cn2c(C)c(Br)c(C)nc2=O)cs1. The van der Waals surface area contributed by atoms with Crippen LogP contribution in [0.25, 0.3) is 0 Å². The van der Waals surface area contributed by atoms with E-state index in [2.05, 4.69) is 32.8 Å². The number of aromatic nitrogens is 3. The van der Waals surface area contributed by atoms with Crippen LogP contribution in [0.15, 0.2) is 14.6 Å². The monoisotopic (exact) mass is 341 g/mol. The molecule has 6 heteroatoms. The van der Waals surface area contributed by atoms with Crippen molar-refractivity contribution in [1.82, 2.24) is 14.5 Å². The van der Waals surface area contributed by atoms with Gasteiger partial charge in [0.1, 0.15) is 0 Å². The third kappa shape index (κ3) is 3.12. The molecule has 2 aromatic heterocycles. The second-order valence-corrected chi connectivity index (χ2v) is 6.18. The summed E-state index contributed by atoms with van der Waals surface area (Å²) in [5.74, 6) is 0. The normalized spacial score (nSPS) is 10.9. The highest BCUT2D eigenvalue weighted by molar-refractivity contribution is 9.10. The Hall–Kier alpha value is -1.01. The lowest BCUT2D eigenvalue weighted by Crippen LogP contribution is -2.27. The molecule has 0 amide bonds. The van der Waals surface area contributed by atoms with Gasteiger partial charge in [-0.1, -0.05) is 6.92 Å². The molecule has 102 valence electrons. The third-order valence-electron chi connectivity index (χ3n) is 2.92. The Labute approximate surface area is 124 Å². The van der Waals surface area contributed by atoms with E-state index < -0.39 is 0 Å². The van der Waals surface area contributed by atoms with Crippen LogP contribution in [0, 0.1) is 13.8 Å². The van der Waals surface area contributed by atoms with E-state index in [1.807, 2.05) is 19.2 Å². The highest BCUT2D eigenvalue weighted by Crippen LogP contribution is 2.18. The molecule has 0 saturated heterocycles. The first kappa shape index (κ1) is 14.4. The fourth-order valence-electron chi connectivity index (χ4n) is 1.88. The summed E-state index contributed by atoms with van der Waals surface area (Å²) < 4.78 is 2.54. The molecule has 2 aromatic rings. The molecule has 2 rings (SSSR count). The third-order valence-corrected chi connectivity index (χ3v) is 5.02. The number of thiazole rings is 1. The second kappa shape index (κ2) is 5.96. The zero-order valence-corrected chi connectivity index (χ0v) is 13.6. The zero-order valence-electron chi connectivity index (χ0n) is 11.2. The molecule has 0 unspecified atom stereocenters. The van der Waals surface area contributed by atoms with Crippen molar-refractivity contribution >= 4 is 27.3 Å². The van der Waals surface area contributed by atoms with E-state index in [-0.39, 0.29) is 5.69 Å². The molecule has 2 heterocycles. The Morgan fingerprint density at radius 3 is 2.79 bits per heavy atom. The molecule has 0 aliphatic rings. The first-order valence-corrected chi connectivity index (χ1v) is 7.87. The summed E-state index contributed by atoms with van der Waals surface area (Å²) >= 11 is 5.12. The predicted molar refractivity (Wildman–Crippen MR) is 80.9 cm³/mol. The van der Waals surface area contributed by atoms with Crippen LogP contribution < -0.4 is 5.69 Å². The average molecular weight is 342 g/mol. The molecule has 0 atom stereocenters. The summed E-state index contributed by atoms with van der Waals surface area (Å²) in [6.45, 7) is 6.36. The van der Waals surface area contributed by atoms with Crippen molar-refractivity contribution in [2.75, 3.05) is 0 Å². The zero-order chi connectivity index (χ0) is 14.0. The van der Waals surface area contributed by atoms with Crippen LogP contribution in [0.3, 0.4) is 0 Å². The summed E-state index contributed by atoms with van der Waals surface area (Å²) in [5.41, 5.74) is 2.32. The number of nitrogens with zero attached hydrogens (tertiary/aromatic N) is 3. The number of halogens is 1. The average Bonchev–Trinajstić information content (AvgIpc) is 2.80. The number of hydrogen-bond acceptors (Lipinski definition) is 4. The van der Waals surface area contributed by atoms with Gasteiger partial charge in [-0.3, -0.25) is 4.57 Å². The van der Waals surface area contributed by atoms with Gasteiger partial charge in [-0.25, -0.2) is 9.78 Å². The summed E-state index contributed by atoms with van der Waals surface area (Å²) in [5, 5.41) is 3.15. The van der Waals surface area contributed by atoms with Gasteiger partial charge in [-0.2, -0.15) is 4.98 Å². The highest BCUT2D eigenvalue weighted by Gasteiger charge is 2.11. The maximum Gasteiger partial charge on any atom is 0.348 e. The van der Waals surface area contributed by atoms with Crippen molar-refractivity contribution in [2.45, 2.75) is 40.2 Å². The molecule has 4 nitrogen and oxygen atoms in total. The summed E-state index contributed by atoms with van der Waals surface area (Å²) in [6, 6.07) is 0. The minimum Gasteiger partial charge on any atom is -0.289 e. The van der Waals surface area contributed by atoms with Crippen LogP contribution in [-0.4, -0.2) is 14.5 Å². The van der Waals surface area contributed by atoms with Crippen molar-refractivity contribution in [2.24, 2.45) is 0 Å². The molecule has 0 aliphatic carbocycles. The van der Waals surface area contributed by atoms with Gasteiger partial charge in [0.15, 0.2) is 0 Å². The van der Waals surface area contributed by atoms with Crippen LogP contribution in [0.5, 0.6) is 0 Å². The van der Waals surface area contributed by atoms with Crippen molar-refractivity contribution in [3.8, 4) is 0 Å². The molecule has 0 spiro atoms. The lowest BCUT2D eigenvalue weighted by Gasteiger charge is -2.10. The van der Waals surface area contributed by atoms with Crippen LogP contribution in [0.4, 0.5) is 0 Å². The number of rotatable bonds is 4. The molecule has 0 aliphatic heterocycles. The number of hydrogen-bond donors (Lipinski definition) is 0. The van der Waals surface area contributed by atoms with Crippen LogP contribution in [0.2, 0.25) is 0 Å². The fraction of sp³-hybridized carbons (Fsp3) is 0.462. The maximum absolute atomic E-state index is 12.0. The van der Waals surface area contributed by atoms with Crippen molar-refractivity contribution in [3.63, 3.8) is 0 Å². The Morgan fingerprint density at radius 2 is 2.11 bits per heavy atom. The summed E-state index contributed by atoms with van der Waals surface area (Å²) in [6.07, 6.45) is 2.08. The maximum atomic E-state index is 12.0. The van der Waals surface area contributed by atoms with Gasteiger partial charge in [0.05, 0.1) is 27.4 Å². The standard InChI is InChI=1S/C13H16BrN3OS/c1-4-5-11-16-10(7-19-11)6-17-9(3)12(14)8(2)15-13(17)18/h7H,4-6H2,1-3H3. The first-order chi connectivity index (χ1) is 9.02. The van der Waals surface area contributed by atoms with Crippen LogP contribution in [0.1, 0.15) is 35.4 Å². The van der Waals surface area contributed by atoms with E-state index in [9.17, 15) is 4.79 Å². The predicted octanol–water partition coefficient (Wildman–Crippen LogP) is 3.08. The Kier molecular flexibility index (Phi) is 4.52.